The number of hydrogen-bond acceptors (Lipinski definition) is 3. The summed E-state index contributed by atoms with van der Waals surface area (Å²) in [5.41, 5.74) is 0.451. The highest BCUT2D eigenvalue weighted by Gasteiger charge is 2.40. The van der Waals surface area contributed by atoms with Gasteiger partial charge in [-0.15, -0.1) is 0 Å². The molecule has 0 saturated carbocycles. The molecule has 0 bridgehead atoms. The molecule has 0 rings (SSSR count). The Morgan fingerprint density at radius 3 is 1.71 bits per heavy atom. The minimum Gasteiger partial charge on any atom is -0.397 e. The Hall–Kier alpha value is 0.0969. The van der Waals surface area contributed by atoms with Crippen molar-refractivity contribution < 1.29 is 8.85 Å². The van der Waals surface area contributed by atoms with Crippen molar-refractivity contribution in [2.45, 2.75) is 39.4 Å². The average molecular weight is 219 g/mol. The smallest absolute Gasteiger partial charge is 0.352 e. The van der Waals surface area contributed by atoms with Crippen LogP contribution in [0.5, 0.6) is 0 Å². The fourth-order valence-corrected chi connectivity index (χ4v) is 4.46. The van der Waals surface area contributed by atoms with Gasteiger partial charge in [-0.25, -0.2) is 0 Å². The first kappa shape index (κ1) is 14.1. The first-order chi connectivity index (χ1) is 6.59. The summed E-state index contributed by atoms with van der Waals surface area (Å²) in [5, 5.41) is 0. The van der Waals surface area contributed by atoms with E-state index in [0.29, 0.717) is 5.67 Å². The van der Waals surface area contributed by atoms with Crippen molar-refractivity contribution in [3.05, 3.63) is 0 Å². The van der Waals surface area contributed by atoms with Gasteiger partial charge in [0.05, 0.1) is 5.67 Å². The van der Waals surface area contributed by atoms with Crippen LogP contribution in [0.2, 0.25) is 6.55 Å². The normalized spacial score (nSPS) is 14.8. The maximum absolute atomic E-state index is 5.60. The SMILES string of the molecule is CCC(N(CC)CC)[Si](C)(OC)OC. The Balaban J connectivity index is 4.65. The van der Waals surface area contributed by atoms with Crippen LogP contribution in [0.25, 0.3) is 0 Å². The van der Waals surface area contributed by atoms with E-state index in [1.807, 2.05) is 0 Å². The Kier molecular flexibility index (Phi) is 6.60. The maximum Gasteiger partial charge on any atom is 0.352 e. The summed E-state index contributed by atoms with van der Waals surface area (Å²) in [6, 6.07) is 0. The zero-order valence-corrected chi connectivity index (χ0v) is 11.5. The summed E-state index contributed by atoms with van der Waals surface area (Å²) in [6.07, 6.45) is 1.09. The second kappa shape index (κ2) is 6.56. The second-order valence-electron chi connectivity index (χ2n) is 3.57. The third kappa shape index (κ3) is 3.05. The Bertz CT molecular complexity index is 147. The van der Waals surface area contributed by atoms with Crippen molar-refractivity contribution in [1.82, 2.24) is 4.90 Å². The minimum absolute atomic E-state index is 0.451. The van der Waals surface area contributed by atoms with Crippen LogP contribution in [-0.2, 0) is 8.85 Å². The molecule has 4 heteroatoms. The van der Waals surface area contributed by atoms with Gasteiger partial charge in [-0.2, -0.15) is 0 Å². The molecule has 0 heterocycles. The topological polar surface area (TPSA) is 21.7 Å². The third-order valence-corrected chi connectivity index (χ3v) is 6.66. The van der Waals surface area contributed by atoms with Gasteiger partial charge in [0.2, 0.25) is 0 Å². The second-order valence-corrected chi connectivity index (χ2v) is 7.08. The molecule has 0 aliphatic carbocycles. The summed E-state index contributed by atoms with van der Waals surface area (Å²) in [4.78, 5) is 2.43. The molecular formula is C10H25NO2Si. The Morgan fingerprint density at radius 2 is 1.50 bits per heavy atom. The summed E-state index contributed by atoms with van der Waals surface area (Å²) in [6.45, 7) is 10.8. The average Bonchev–Trinajstić information content (AvgIpc) is 2.24. The molecule has 0 spiro atoms. The van der Waals surface area contributed by atoms with Crippen LogP contribution in [0.4, 0.5) is 0 Å². The van der Waals surface area contributed by atoms with E-state index < -0.39 is 8.56 Å². The zero-order valence-electron chi connectivity index (χ0n) is 10.5. The van der Waals surface area contributed by atoms with Crippen LogP contribution in [-0.4, -0.2) is 46.4 Å². The molecule has 0 aliphatic rings. The van der Waals surface area contributed by atoms with Crippen molar-refractivity contribution >= 4 is 8.56 Å². The molecule has 3 nitrogen and oxygen atoms in total. The molecule has 0 aromatic rings. The zero-order chi connectivity index (χ0) is 11.2. The predicted octanol–water partition coefficient (Wildman–Crippen LogP) is 2.01. The molecule has 0 aromatic carbocycles. The molecule has 0 amide bonds. The van der Waals surface area contributed by atoms with Crippen molar-refractivity contribution in [3.8, 4) is 0 Å². The van der Waals surface area contributed by atoms with Crippen molar-refractivity contribution in [3.63, 3.8) is 0 Å². The van der Waals surface area contributed by atoms with E-state index in [9.17, 15) is 0 Å². The molecule has 0 N–H and O–H groups in total. The number of nitrogens with zero attached hydrogens (tertiary/aromatic N) is 1. The Labute approximate surface area is 89.6 Å². The fraction of sp³-hybridized carbons (Fsp3) is 1.00. The lowest BCUT2D eigenvalue weighted by Crippen LogP contribution is -2.57. The summed E-state index contributed by atoms with van der Waals surface area (Å²) in [7, 11) is 1.53. The lowest BCUT2D eigenvalue weighted by molar-refractivity contribution is 0.168. The van der Waals surface area contributed by atoms with Crippen LogP contribution in [0, 0.1) is 0 Å². The monoisotopic (exact) mass is 219 g/mol. The largest absolute Gasteiger partial charge is 0.397 e. The van der Waals surface area contributed by atoms with Crippen LogP contribution in [0.1, 0.15) is 27.2 Å². The fourth-order valence-electron chi connectivity index (χ4n) is 1.98. The highest BCUT2D eigenvalue weighted by molar-refractivity contribution is 6.67. The molecule has 14 heavy (non-hydrogen) atoms. The first-order valence-electron chi connectivity index (χ1n) is 5.43. The molecule has 0 radical (unpaired) electrons. The van der Waals surface area contributed by atoms with Crippen LogP contribution in [0.15, 0.2) is 0 Å². The number of hydrogen-bond donors (Lipinski definition) is 0. The van der Waals surface area contributed by atoms with Gasteiger partial charge in [0.1, 0.15) is 0 Å². The summed E-state index contributed by atoms with van der Waals surface area (Å²) < 4.78 is 11.2. The maximum atomic E-state index is 5.60. The van der Waals surface area contributed by atoms with E-state index >= 15 is 0 Å². The quantitative estimate of drug-likeness (QED) is 0.611. The van der Waals surface area contributed by atoms with E-state index in [0.717, 1.165) is 19.5 Å². The van der Waals surface area contributed by atoms with E-state index in [1.165, 1.54) is 0 Å². The van der Waals surface area contributed by atoms with Gasteiger partial charge in [0.25, 0.3) is 0 Å². The van der Waals surface area contributed by atoms with Gasteiger partial charge in [-0.1, -0.05) is 20.8 Å². The molecule has 0 saturated heterocycles. The number of rotatable bonds is 7. The molecule has 0 fully saturated rings. The van der Waals surface area contributed by atoms with E-state index in [4.69, 9.17) is 8.85 Å². The lowest BCUT2D eigenvalue weighted by Gasteiger charge is -2.38. The summed E-state index contributed by atoms with van der Waals surface area (Å²) in [5.74, 6) is 0. The molecule has 1 atom stereocenters. The van der Waals surface area contributed by atoms with Crippen LogP contribution < -0.4 is 0 Å². The molecular weight excluding hydrogens is 194 g/mol. The molecule has 1 unspecified atom stereocenters. The highest BCUT2D eigenvalue weighted by Crippen LogP contribution is 2.19. The Morgan fingerprint density at radius 1 is 1.07 bits per heavy atom. The van der Waals surface area contributed by atoms with Crippen LogP contribution in [0.3, 0.4) is 0 Å². The van der Waals surface area contributed by atoms with Gasteiger partial charge in [-0.05, 0) is 26.1 Å². The van der Waals surface area contributed by atoms with E-state index in [1.54, 1.807) is 14.2 Å². The lowest BCUT2D eigenvalue weighted by atomic mass is 10.4. The molecule has 0 aliphatic heterocycles. The van der Waals surface area contributed by atoms with Crippen LogP contribution >= 0.6 is 0 Å². The first-order valence-corrected chi connectivity index (χ1v) is 7.83. The van der Waals surface area contributed by atoms with Crippen molar-refractivity contribution in [1.29, 1.82) is 0 Å². The summed E-state index contributed by atoms with van der Waals surface area (Å²) >= 11 is 0. The van der Waals surface area contributed by atoms with Gasteiger partial charge >= 0.3 is 8.56 Å². The van der Waals surface area contributed by atoms with Gasteiger partial charge in [0.15, 0.2) is 0 Å². The van der Waals surface area contributed by atoms with Crippen molar-refractivity contribution in [2.75, 3.05) is 27.3 Å². The minimum atomic E-state index is -2.01. The van der Waals surface area contributed by atoms with Crippen molar-refractivity contribution in [2.24, 2.45) is 0 Å². The molecule has 0 aromatic heterocycles. The van der Waals surface area contributed by atoms with Gasteiger partial charge in [0, 0.05) is 14.2 Å². The third-order valence-electron chi connectivity index (χ3n) is 3.06. The van der Waals surface area contributed by atoms with Gasteiger partial charge in [-0.3, -0.25) is 4.90 Å². The van der Waals surface area contributed by atoms with Gasteiger partial charge < -0.3 is 8.85 Å². The predicted molar refractivity (Wildman–Crippen MR) is 62.6 cm³/mol. The van der Waals surface area contributed by atoms with E-state index in [-0.39, 0.29) is 0 Å². The highest BCUT2D eigenvalue weighted by atomic mass is 28.4. The molecule has 86 valence electrons. The van der Waals surface area contributed by atoms with E-state index in [2.05, 4.69) is 32.2 Å². The standard InChI is InChI=1S/C10H25NO2Si/c1-7-10(11(8-2)9-3)14(6,12-4)13-5/h10H,7-9H2,1-6H3.